The molecule has 2 heterocycles. The van der Waals surface area contributed by atoms with Crippen LogP contribution >= 0.6 is 11.3 Å². The van der Waals surface area contributed by atoms with E-state index >= 15 is 0 Å². The van der Waals surface area contributed by atoms with Crippen molar-refractivity contribution in [3.05, 3.63) is 64.2 Å². The van der Waals surface area contributed by atoms with E-state index in [0.29, 0.717) is 21.9 Å². The van der Waals surface area contributed by atoms with E-state index in [9.17, 15) is 27.3 Å². The van der Waals surface area contributed by atoms with E-state index < -0.39 is 34.4 Å². The molecule has 3 unspecified atom stereocenters. The molecule has 12 heteroatoms. The number of alkyl halides is 3. The number of nitrogens with one attached hydrogen (secondary N) is 1. The van der Waals surface area contributed by atoms with Gasteiger partial charge < -0.3 is 15.1 Å². The molecule has 1 saturated carbocycles. The minimum atomic E-state index is -4.62. The van der Waals surface area contributed by atoms with Gasteiger partial charge in [-0.15, -0.1) is 11.3 Å². The van der Waals surface area contributed by atoms with Crippen molar-refractivity contribution in [2.75, 3.05) is 6.61 Å². The largest absolute Gasteiger partial charge is 0.480 e. The summed E-state index contributed by atoms with van der Waals surface area (Å²) >= 11 is 1.04. The van der Waals surface area contributed by atoms with E-state index in [1.165, 1.54) is 6.07 Å². The van der Waals surface area contributed by atoms with Gasteiger partial charge in [0.2, 0.25) is 5.76 Å². The van der Waals surface area contributed by atoms with Crippen molar-refractivity contribution in [1.29, 1.82) is 0 Å². The van der Waals surface area contributed by atoms with E-state index in [2.05, 4.69) is 14.7 Å². The first-order valence-corrected chi connectivity index (χ1v) is 12.4. The van der Waals surface area contributed by atoms with Crippen molar-refractivity contribution in [3.8, 4) is 0 Å². The van der Waals surface area contributed by atoms with Crippen LogP contribution in [-0.2, 0) is 27.0 Å². The topological polar surface area (TPSA) is 108 Å². The SMILES string of the molecule is O=C(O)C1(NS(=O)c2ccc(C3=NOC(C(F)(F)F)=CC3)s2)CC1c1ccccc1CCCO. The number of hydrogen-bond donors (Lipinski definition) is 3. The highest BCUT2D eigenvalue weighted by Crippen LogP contribution is 2.53. The predicted octanol–water partition coefficient (Wildman–Crippen LogP) is 3.87. The normalized spacial score (nSPS) is 23.0. The summed E-state index contributed by atoms with van der Waals surface area (Å²) in [5.74, 6) is -2.68. The average molecular weight is 515 g/mol. The molecule has 0 radical (unpaired) electrons. The molecule has 3 atom stereocenters. The minimum Gasteiger partial charge on any atom is -0.480 e. The fourth-order valence-electron chi connectivity index (χ4n) is 3.87. The van der Waals surface area contributed by atoms with Crippen LogP contribution in [0.2, 0.25) is 0 Å². The van der Waals surface area contributed by atoms with Crippen LogP contribution in [0.5, 0.6) is 0 Å². The lowest BCUT2D eigenvalue weighted by Crippen LogP contribution is -2.41. The summed E-state index contributed by atoms with van der Waals surface area (Å²) in [7, 11) is -1.87. The summed E-state index contributed by atoms with van der Waals surface area (Å²) in [6.45, 7) is 0.0235. The Hall–Kier alpha value is -2.54. The van der Waals surface area contributed by atoms with Crippen molar-refractivity contribution in [3.63, 3.8) is 0 Å². The van der Waals surface area contributed by atoms with Gasteiger partial charge in [0.05, 0.1) is 4.88 Å². The number of rotatable bonds is 9. The molecule has 4 rings (SSSR count). The standard InChI is InChI=1S/C22H21F3N2O5S2/c23-22(24,25)18-9-7-16(26-32-18)17-8-10-19(33-17)34(31)27-21(20(29)30)12-15(21)14-6-2-1-4-13(14)5-3-11-28/h1-2,4,6,8-10,15,27-28H,3,5,7,11-12H2,(H,29,30). The number of aryl methyl sites for hydroxylation is 1. The monoisotopic (exact) mass is 514 g/mol. The maximum Gasteiger partial charge on any atom is 0.452 e. The molecular formula is C22H21F3N2O5S2. The molecule has 34 heavy (non-hydrogen) atoms. The molecule has 0 bridgehead atoms. The number of halogens is 3. The fourth-order valence-corrected chi connectivity index (χ4v) is 6.23. The van der Waals surface area contributed by atoms with Crippen molar-refractivity contribution in [2.45, 2.75) is 47.5 Å². The second kappa shape index (κ2) is 9.61. The number of carboxylic acids is 1. The van der Waals surface area contributed by atoms with E-state index in [1.807, 2.05) is 24.3 Å². The Morgan fingerprint density at radius 2 is 2.06 bits per heavy atom. The Labute approximate surface area is 199 Å². The summed E-state index contributed by atoms with van der Waals surface area (Å²) in [6, 6.07) is 10.5. The van der Waals surface area contributed by atoms with Crippen LogP contribution in [-0.4, -0.2) is 44.4 Å². The molecule has 1 fully saturated rings. The van der Waals surface area contributed by atoms with Crippen molar-refractivity contribution < 1.29 is 37.2 Å². The highest BCUT2D eigenvalue weighted by Gasteiger charge is 2.62. The number of oxime groups is 1. The number of carbonyl (C=O) groups is 1. The lowest BCUT2D eigenvalue weighted by atomic mass is 9.97. The minimum absolute atomic E-state index is 0.0235. The summed E-state index contributed by atoms with van der Waals surface area (Å²) < 4.78 is 54.1. The number of carboxylic acid groups (broad SMARTS) is 1. The zero-order valence-corrected chi connectivity index (χ0v) is 19.3. The third kappa shape index (κ3) is 4.95. The van der Waals surface area contributed by atoms with Crippen molar-refractivity contribution >= 4 is 34.0 Å². The third-order valence-electron chi connectivity index (χ3n) is 5.71. The number of nitrogens with zero attached hydrogens (tertiary/aromatic N) is 1. The molecule has 3 N–H and O–H groups in total. The van der Waals surface area contributed by atoms with E-state index in [1.54, 1.807) is 6.07 Å². The first kappa shape index (κ1) is 24.6. The van der Waals surface area contributed by atoms with E-state index in [0.717, 1.165) is 28.5 Å². The first-order chi connectivity index (χ1) is 16.2. The number of allylic oxidation sites excluding steroid dienone is 2. The Morgan fingerprint density at radius 3 is 2.71 bits per heavy atom. The van der Waals surface area contributed by atoms with Crippen LogP contribution in [0.15, 0.2) is 57.6 Å². The molecule has 1 aliphatic carbocycles. The van der Waals surface area contributed by atoms with E-state index in [4.69, 9.17) is 5.11 Å². The second-order valence-electron chi connectivity index (χ2n) is 7.95. The van der Waals surface area contributed by atoms with Gasteiger partial charge in [0, 0.05) is 18.9 Å². The van der Waals surface area contributed by atoms with Gasteiger partial charge in [-0.25, -0.2) is 8.93 Å². The van der Waals surface area contributed by atoms with Gasteiger partial charge in [-0.1, -0.05) is 29.4 Å². The Balaban J connectivity index is 1.47. The van der Waals surface area contributed by atoms with Gasteiger partial charge in [-0.3, -0.25) is 4.79 Å². The molecular weight excluding hydrogens is 493 g/mol. The predicted molar refractivity (Wildman–Crippen MR) is 120 cm³/mol. The zero-order valence-electron chi connectivity index (χ0n) is 17.7. The molecule has 7 nitrogen and oxygen atoms in total. The summed E-state index contributed by atoms with van der Waals surface area (Å²) in [4.78, 5) is 17.1. The number of benzene rings is 1. The lowest BCUT2D eigenvalue weighted by molar-refractivity contribution is -0.140. The number of aliphatic hydroxyl groups excluding tert-OH is 1. The maximum atomic E-state index is 13.0. The molecule has 2 aromatic rings. The molecule has 2 aliphatic rings. The Kier molecular flexibility index (Phi) is 6.94. The van der Waals surface area contributed by atoms with Gasteiger partial charge in [0.25, 0.3) is 0 Å². The third-order valence-corrected chi connectivity index (χ3v) is 8.40. The van der Waals surface area contributed by atoms with Gasteiger partial charge >= 0.3 is 12.1 Å². The fraction of sp³-hybridized carbons (Fsp3) is 0.364. The second-order valence-corrected chi connectivity index (χ2v) is 10.5. The molecule has 0 spiro atoms. The molecule has 182 valence electrons. The van der Waals surface area contributed by atoms with E-state index in [-0.39, 0.29) is 31.1 Å². The van der Waals surface area contributed by atoms with Crippen molar-refractivity contribution in [1.82, 2.24) is 4.72 Å². The van der Waals surface area contributed by atoms with Gasteiger partial charge in [0.1, 0.15) is 26.4 Å². The molecule has 0 saturated heterocycles. The highest BCUT2D eigenvalue weighted by molar-refractivity contribution is 7.85. The first-order valence-electron chi connectivity index (χ1n) is 10.4. The summed E-state index contributed by atoms with van der Waals surface area (Å²) in [5, 5.41) is 22.6. The Morgan fingerprint density at radius 1 is 1.29 bits per heavy atom. The van der Waals surface area contributed by atoms with Crippen LogP contribution in [0.25, 0.3) is 0 Å². The molecule has 1 aromatic carbocycles. The number of aliphatic hydroxyl groups is 1. The summed E-state index contributed by atoms with van der Waals surface area (Å²) in [5.41, 5.74) is 0.643. The smallest absolute Gasteiger partial charge is 0.452 e. The molecule has 1 aliphatic heterocycles. The number of hydrogen-bond acceptors (Lipinski definition) is 6. The van der Waals surface area contributed by atoms with Gasteiger partial charge in [0.15, 0.2) is 0 Å². The molecule has 0 amide bonds. The van der Waals surface area contributed by atoms with Gasteiger partial charge in [-0.05, 0) is 48.6 Å². The summed E-state index contributed by atoms with van der Waals surface area (Å²) in [6.07, 6.45) is -2.42. The highest BCUT2D eigenvalue weighted by atomic mass is 32.2. The van der Waals surface area contributed by atoms with Crippen LogP contribution in [0.1, 0.15) is 41.2 Å². The Bertz CT molecular complexity index is 1180. The van der Waals surface area contributed by atoms with Crippen LogP contribution in [0.3, 0.4) is 0 Å². The van der Waals surface area contributed by atoms with Gasteiger partial charge in [-0.2, -0.15) is 13.2 Å². The van der Waals surface area contributed by atoms with Crippen LogP contribution < -0.4 is 4.72 Å². The average Bonchev–Trinajstić information content (AvgIpc) is 3.31. The van der Waals surface area contributed by atoms with Crippen LogP contribution in [0.4, 0.5) is 13.2 Å². The van der Waals surface area contributed by atoms with Crippen LogP contribution in [0, 0.1) is 0 Å². The quantitative estimate of drug-likeness (QED) is 0.471. The molecule has 1 aromatic heterocycles. The number of thiophene rings is 1. The zero-order chi connectivity index (χ0) is 24.5. The maximum absolute atomic E-state index is 13.0. The van der Waals surface area contributed by atoms with Crippen molar-refractivity contribution in [2.24, 2.45) is 5.16 Å². The lowest BCUT2D eigenvalue weighted by Gasteiger charge is -2.16. The number of aliphatic carboxylic acids is 1.